The van der Waals surface area contributed by atoms with Crippen LogP contribution in [0.1, 0.15) is 20.3 Å². The molecule has 1 saturated heterocycles. The fraction of sp³-hybridized carbons (Fsp3) is 0.533. The zero-order valence-corrected chi connectivity index (χ0v) is 11.7. The first-order valence-corrected chi connectivity index (χ1v) is 6.79. The highest BCUT2D eigenvalue weighted by Gasteiger charge is 2.32. The molecular formula is C15H22N2O2. The first-order valence-electron chi connectivity index (χ1n) is 6.79. The highest BCUT2D eigenvalue weighted by Crippen LogP contribution is 2.17. The monoisotopic (exact) mass is 262 g/mol. The van der Waals surface area contributed by atoms with E-state index in [0.717, 1.165) is 25.4 Å². The minimum atomic E-state index is -0.109. The van der Waals surface area contributed by atoms with Crippen LogP contribution in [0.4, 0.5) is 0 Å². The van der Waals surface area contributed by atoms with E-state index in [4.69, 9.17) is 4.74 Å². The Bertz CT molecular complexity index is 417. The third-order valence-electron chi connectivity index (χ3n) is 3.43. The van der Waals surface area contributed by atoms with E-state index in [0.29, 0.717) is 13.0 Å². The van der Waals surface area contributed by atoms with Crippen molar-refractivity contribution in [1.29, 1.82) is 0 Å². The number of nitrogens with one attached hydrogen (secondary N) is 1. The third-order valence-corrected chi connectivity index (χ3v) is 3.43. The van der Waals surface area contributed by atoms with E-state index >= 15 is 0 Å². The molecule has 1 aliphatic rings. The molecule has 4 heteroatoms. The van der Waals surface area contributed by atoms with Crippen molar-refractivity contribution in [2.45, 2.75) is 25.8 Å². The summed E-state index contributed by atoms with van der Waals surface area (Å²) in [6, 6.07) is 9.60. The second-order valence-corrected chi connectivity index (χ2v) is 5.45. The lowest BCUT2D eigenvalue weighted by molar-refractivity contribution is -0.138. The maximum Gasteiger partial charge on any atom is 0.226 e. The van der Waals surface area contributed by atoms with Crippen molar-refractivity contribution < 1.29 is 9.53 Å². The van der Waals surface area contributed by atoms with Crippen LogP contribution in [0.2, 0.25) is 0 Å². The zero-order valence-electron chi connectivity index (χ0n) is 11.7. The van der Waals surface area contributed by atoms with E-state index in [-0.39, 0.29) is 11.4 Å². The fourth-order valence-corrected chi connectivity index (χ4v) is 2.35. The molecule has 0 spiro atoms. The molecule has 1 fully saturated rings. The number of ether oxygens (including phenoxy) is 1. The van der Waals surface area contributed by atoms with E-state index in [1.807, 2.05) is 35.2 Å². The molecule has 0 bridgehead atoms. The quantitative estimate of drug-likeness (QED) is 0.897. The molecule has 1 heterocycles. The highest BCUT2D eigenvalue weighted by atomic mass is 16.5. The summed E-state index contributed by atoms with van der Waals surface area (Å²) in [4.78, 5) is 14.2. The van der Waals surface area contributed by atoms with E-state index in [1.165, 1.54) is 0 Å². The number of hydrogen-bond donors (Lipinski definition) is 1. The van der Waals surface area contributed by atoms with E-state index in [2.05, 4.69) is 19.2 Å². The molecule has 19 heavy (non-hydrogen) atoms. The molecular weight excluding hydrogens is 240 g/mol. The molecule has 4 nitrogen and oxygen atoms in total. The van der Waals surface area contributed by atoms with Gasteiger partial charge in [-0.2, -0.15) is 0 Å². The molecule has 1 amide bonds. The summed E-state index contributed by atoms with van der Waals surface area (Å²) in [6.07, 6.45) is 0.429. The summed E-state index contributed by atoms with van der Waals surface area (Å²) < 4.78 is 5.57. The van der Waals surface area contributed by atoms with Crippen LogP contribution in [-0.4, -0.2) is 42.6 Å². The number of para-hydroxylation sites is 1. The number of piperazine rings is 1. The topological polar surface area (TPSA) is 41.6 Å². The molecule has 0 saturated carbocycles. The molecule has 0 aliphatic carbocycles. The molecule has 0 aromatic heterocycles. The van der Waals surface area contributed by atoms with E-state index < -0.39 is 0 Å². The standard InChI is InChI=1S/C15H22N2O2/c1-15(2)12-16-9-10-17(15)14(18)8-11-19-13-6-4-3-5-7-13/h3-7,16H,8-12H2,1-2H3. The van der Waals surface area contributed by atoms with Gasteiger partial charge in [-0.25, -0.2) is 0 Å². The van der Waals surface area contributed by atoms with Crippen molar-refractivity contribution in [2.75, 3.05) is 26.2 Å². The molecule has 0 unspecified atom stereocenters. The van der Waals surface area contributed by atoms with Crippen molar-refractivity contribution in [1.82, 2.24) is 10.2 Å². The van der Waals surface area contributed by atoms with Crippen LogP contribution >= 0.6 is 0 Å². The van der Waals surface area contributed by atoms with Gasteiger partial charge >= 0.3 is 0 Å². The molecule has 0 radical (unpaired) electrons. The van der Waals surface area contributed by atoms with Gasteiger partial charge in [0.15, 0.2) is 0 Å². The Labute approximate surface area is 114 Å². The lowest BCUT2D eigenvalue weighted by Crippen LogP contribution is -2.60. The number of hydrogen-bond acceptors (Lipinski definition) is 3. The minimum absolute atomic E-state index is 0.109. The smallest absolute Gasteiger partial charge is 0.226 e. The second kappa shape index (κ2) is 6.06. The Balaban J connectivity index is 1.81. The summed E-state index contributed by atoms with van der Waals surface area (Å²) in [6.45, 7) is 7.11. The van der Waals surface area contributed by atoms with Crippen molar-refractivity contribution in [3.05, 3.63) is 30.3 Å². The third kappa shape index (κ3) is 3.70. The molecule has 1 aliphatic heterocycles. The van der Waals surface area contributed by atoms with Gasteiger partial charge in [0.1, 0.15) is 5.75 Å². The van der Waals surface area contributed by atoms with Crippen molar-refractivity contribution in [2.24, 2.45) is 0 Å². The van der Waals surface area contributed by atoms with Gasteiger partial charge < -0.3 is 15.0 Å². The van der Waals surface area contributed by atoms with Crippen LogP contribution in [0.15, 0.2) is 30.3 Å². The fourth-order valence-electron chi connectivity index (χ4n) is 2.35. The first-order chi connectivity index (χ1) is 9.09. The summed E-state index contributed by atoms with van der Waals surface area (Å²) in [5, 5.41) is 3.32. The Morgan fingerprint density at radius 2 is 2.11 bits per heavy atom. The van der Waals surface area contributed by atoms with Gasteiger partial charge in [0, 0.05) is 25.2 Å². The summed E-state index contributed by atoms with van der Waals surface area (Å²) in [7, 11) is 0. The van der Waals surface area contributed by atoms with Crippen molar-refractivity contribution >= 4 is 5.91 Å². The molecule has 0 atom stereocenters. The maximum atomic E-state index is 12.2. The zero-order chi connectivity index (χ0) is 13.7. The lowest BCUT2D eigenvalue weighted by Gasteiger charge is -2.42. The summed E-state index contributed by atoms with van der Waals surface area (Å²) in [5.74, 6) is 0.984. The number of benzene rings is 1. The molecule has 104 valence electrons. The van der Waals surface area contributed by atoms with E-state index in [1.54, 1.807) is 0 Å². The number of carbonyl (C=O) groups excluding carboxylic acids is 1. The van der Waals surface area contributed by atoms with Gasteiger partial charge in [0.05, 0.1) is 13.0 Å². The van der Waals surface area contributed by atoms with E-state index in [9.17, 15) is 4.79 Å². The second-order valence-electron chi connectivity index (χ2n) is 5.45. The van der Waals surface area contributed by atoms with Gasteiger partial charge in [0.2, 0.25) is 5.91 Å². The number of nitrogens with zero attached hydrogens (tertiary/aromatic N) is 1. The average Bonchev–Trinajstić information content (AvgIpc) is 2.39. The van der Waals surface area contributed by atoms with Crippen molar-refractivity contribution in [3.8, 4) is 5.75 Å². The predicted molar refractivity (Wildman–Crippen MR) is 75.2 cm³/mol. The Hall–Kier alpha value is -1.55. The Kier molecular flexibility index (Phi) is 4.43. The van der Waals surface area contributed by atoms with Crippen molar-refractivity contribution in [3.63, 3.8) is 0 Å². The van der Waals surface area contributed by atoms with Gasteiger partial charge in [-0.1, -0.05) is 18.2 Å². The SMILES string of the molecule is CC1(C)CNCCN1C(=O)CCOc1ccccc1. The molecule has 1 N–H and O–H groups in total. The normalized spacial score (nSPS) is 18.1. The van der Waals surface area contributed by atoms with Gasteiger partial charge in [-0.15, -0.1) is 0 Å². The highest BCUT2D eigenvalue weighted by molar-refractivity contribution is 5.77. The maximum absolute atomic E-state index is 12.2. The lowest BCUT2D eigenvalue weighted by atomic mass is 10.00. The summed E-state index contributed by atoms with van der Waals surface area (Å²) in [5.41, 5.74) is -0.109. The van der Waals surface area contributed by atoms with Gasteiger partial charge in [-0.05, 0) is 26.0 Å². The van der Waals surface area contributed by atoms with Gasteiger partial charge in [-0.3, -0.25) is 4.79 Å². The van der Waals surface area contributed by atoms with Crippen LogP contribution in [-0.2, 0) is 4.79 Å². The van der Waals surface area contributed by atoms with Crippen LogP contribution in [0.5, 0.6) is 5.75 Å². The molecule has 2 rings (SSSR count). The minimum Gasteiger partial charge on any atom is -0.493 e. The Morgan fingerprint density at radius 3 is 2.79 bits per heavy atom. The predicted octanol–water partition coefficient (Wildman–Crippen LogP) is 1.67. The Morgan fingerprint density at radius 1 is 1.37 bits per heavy atom. The molecule has 1 aromatic carbocycles. The number of rotatable bonds is 4. The number of carbonyl (C=O) groups is 1. The average molecular weight is 262 g/mol. The van der Waals surface area contributed by atoms with Gasteiger partial charge in [0.25, 0.3) is 0 Å². The first kappa shape index (κ1) is 13.9. The molecule has 1 aromatic rings. The van der Waals surface area contributed by atoms with Crippen LogP contribution in [0.3, 0.4) is 0 Å². The van der Waals surface area contributed by atoms with Crippen LogP contribution in [0, 0.1) is 0 Å². The number of amides is 1. The van der Waals surface area contributed by atoms with Crippen LogP contribution < -0.4 is 10.1 Å². The van der Waals surface area contributed by atoms with Crippen LogP contribution in [0.25, 0.3) is 0 Å². The summed E-state index contributed by atoms with van der Waals surface area (Å²) >= 11 is 0. The largest absolute Gasteiger partial charge is 0.493 e.